The molecule has 1 aliphatic rings. The van der Waals surface area contributed by atoms with E-state index in [0.29, 0.717) is 5.71 Å². The van der Waals surface area contributed by atoms with Crippen LogP contribution in [0.25, 0.3) is 0 Å². The van der Waals surface area contributed by atoms with Gasteiger partial charge in [0.15, 0.2) is 0 Å². The lowest BCUT2D eigenvalue weighted by atomic mass is 10.2. The summed E-state index contributed by atoms with van der Waals surface area (Å²) < 4.78 is 4.99. The molecular weight excluding hydrogens is 190 g/mol. The van der Waals surface area contributed by atoms with E-state index in [0.717, 1.165) is 0 Å². The number of aliphatic carboxylic acids is 2. The summed E-state index contributed by atoms with van der Waals surface area (Å²) in [5, 5.41) is 16.8. The fourth-order valence-electron chi connectivity index (χ4n) is 0.931. The highest BCUT2D eigenvalue weighted by atomic mass is 16.5. The highest BCUT2D eigenvalue weighted by Crippen LogP contribution is 2.10. The molecule has 1 aliphatic heterocycles. The third-order valence-corrected chi connectivity index (χ3v) is 1.50. The molecule has 76 valence electrons. The monoisotopic (exact) mass is 199 g/mol. The van der Waals surface area contributed by atoms with Crippen molar-refractivity contribution in [2.24, 2.45) is 4.99 Å². The zero-order chi connectivity index (χ0) is 10.6. The van der Waals surface area contributed by atoms with Gasteiger partial charge in [0.25, 0.3) is 0 Å². The molecule has 0 spiro atoms. The van der Waals surface area contributed by atoms with Crippen molar-refractivity contribution in [1.29, 1.82) is 0 Å². The summed E-state index contributed by atoms with van der Waals surface area (Å²) in [5.41, 5.74) is 0.381. The van der Waals surface area contributed by atoms with Crippen molar-refractivity contribution in [3.63, 3.8) is 0 Å². The van der Waals surface area contributed by atoms with Gasteiger partial charge in [-0.25, -0.2) is 0 Å². The topological polar surface area (TPSA) is 96.2 Å². The predicted octanol–water partition coefficient (Wildman–Crippen LogP) is 0.248. The Morgan fingerprint density at radius 1 is 1.36 bits per heavy atom. The number of aliphatic imine (C=N–C) groups is 1. The molecule has 0 unspecified atom stereocenters. The third-order valence-electron chi connectivity index (χ3n) is 1.50. The van der Waals surface area contributed by atoms with Crippen LogP contribution in [-0.4, -0.2) is 34.5 Å². The molecule has 0 aromatic rings. The molecule has 0 aromatic carbocycles. The van der Waals surface area contributed by atoms with E-state index in [4.69, 9.17) is 14.9 Å². The molecule has 0 saturated carbocycles. The van der Waals surface area contributed by atoms with Gasteiger partial charge in [0.05, 0.1) is 18.3 Å². The lowest BCUT2D eigenvalue weighted by Crippen LogP contribution is -2.17. The molecule has 2 N–H and O–H groups in total. The van der Waals surface area contributed by atoms with Gasteiger partial charge in [-0.15, -0.1) is 0 Å². The van der Waals surface area contributed by atoms with Gasteiger partial charge in [0, 0.05) is 0 Å². The first-order valence-electron chi connectivity index (χ1n) is 3.89. The molecule has 0 fully saturated rings. The molecule has 0 radical (unpaired) electrons. The fraction of sp³-hybridized carbons (Fsp3) is 0.375. The van der Waals surface area contributed by atoms with E-state index >= 15 is 0 Å². The minimum absolute atomic E-state index is 0.0470. The van der Waals surface area contributed by atoms with Crippen LogP contribution in [0.2, 0.25) is 0 Å². The zero-order valence-electron chi connectivity index (χ0n) is 7.27. The van der Waals surface area contributed by atoms with Crippen molar-refractivity contribution < 1.29 is 24.5 Å². The minimum atomic E-state index is -1.01. The second-order valence-electron chi connectivity index (χ2n) is 2.72. The highest BCUT2D eigenvalue weighted by Gasteiger charge is 2.13. The largest absolute Gasteiger partial charge is 0.490 e. The van der Waals surface area contributed by atoms with Gasteiger partial charge in [-0.2, -0.15) is 0 Å². The van der Waals surface area contributed by atoms with Crippen molar-refractivity contribution in [1.82, 2.24) is 0 Å². The quantitative estimate of drug-likeness (QED) is 0.676. The third kappa shape index (κ3) is 3.26. The Kier molecular flexibility index (Phi) is 3.22. The maximum atomic E-state index is 10.3. The minimum Gasteiger partial charge on any atom is -0.490 e. The van der Waals surface area contributed by atoms with Gasteiger partial charge in [0.2, 0.25) is 0 Å². The van der Waals surface area contributed by atoms with Crippen molar-refractivity contribution in [2.75, 3.05) is 6.61 Å². The van der Waals surface area contributed by atoms with Gasteiger partial charge >= 0.3 is 11.9 Å². The molecule has 0 bridgehead atoms. The number of rotatable bonds is 4. The number of nitrogens with zero attached hydrogens (tertiary/aromatic N) is 1. The van der Waals surface area contributed by atoms with E-state index < -0.39 is 11.9 Å². The molecular formula is C8H9NO5. The van der Waals surface area contributed by atoms with Gasteiger partial charge < -0.3 is 14.9 Å². The summed E-state index contributed by atoms with van der Waals surface area (Å²) in [6.45, 7) is 0.0470. The smallest absolute Gasteiger partial charge is 0.311 e. The molecule has 0 amide bonds. The standard InChI is InChI=1S/C8H9NO5/c10-7(11)1-5-4-14-6(3-9-5)2-8(12)13/h3H,1-2,4H2,(H,10,11)(H,12,13). The summed E-state index contributed by atoms with van der Waals surface area (Å²) in [6, 6.07) is 0. The lowest BCUT2D eigenvalue weighted by molar-refractivity contribution is -0.137. The van der Waals surface area contributed by atoms with Crippen LogP contribution in [-0.2, 0) is 14.3 Å². The number of carboxylic acid groups (broad SMARTS) is 2. The summed E-state index contributed by atoms with van der Waals surface area (Å²) in [4.78, 5) is 24.3. The van der Waals surface area contributed by atoms with E-state index in [2.05, 4.69) is 4.99 Å². The molecule has 1 rings (SSSR count). The molecule has 0 atom stereocenters. The summed E-state index contributed by atoms with van der Waals surface area (Å²) in [7, 11) is 0. The van der Waals surface area contributed by atoms with Crippen molar-refractivity contribution in [3.05, 3.63) is 12.0 Å². The van der Waals surface area contributed by atoms with Crippen LogP contribution in [0, 0.1) is 0 Å². The average molecular weight is 199 g/mol. The highest BCUT2D eigenvalue weighted by molar-refractivity contribution is 5.99. The first-order valence-corrected chi connectivity index (χ1v) is 3.89. The second-order valence-corrected chi connectivity index (χ2v) is 2.72. The Morgan fingerprint density at radius 3 is 2.43 bits per heavy atom. The van der Waals surface area contributed by atoms with E-state index in [1.807, 2.05) is 0 Å². The van der Waals surface area contributed by atoms with Crippen LogP contribution in [0.15, 0.2) is 17.0 Å². The predicted molar refractivity (Wildman–Crippen MR) is 46.0 cm³/mol. The van der Waals surface area contributed by atoms with Crippen LogP contribution in [0.5, 0.6) is 0 Å². The number of carbonyl (C=O) groups is 2. The SMILES string of the molecule is O=C(O)CC1=CN=C(CC(=O)O)CO1. The van der Waals surface area contributed by atoms with Crippen LogP contribution in [0.3, 0.4) is 0 Å². The van der Waals surface area contributed by atoms with Gasteiger partial charge in [-0.3, -0.25) is 14.6 Å². The first kappa shape index (κ1) is 10.2. The Bertz CT molecular complexity index is 286. The average Bonchev–Trinajstić information content (AvgIpc) is 2.06. The summed E-state index contributed by atoms with van der Waals surface area (Å²) in [5.74, 6) is -1.75. The Balaban J connectivity index is 2.55. The Hall–Kier alpha value is -1.85. The van der Waals surface area contributed by atoms with Crippen molar-refractivity contribution in [2.45, 2.75) is 12.8 Å². The number of carboxylic acids is 2. The molecule has 1 heterocycles. The van der Waals surface area contributed by atoms with E-state index in [9.17, 15) is 9.59 Å². The van der Waals surface area contributed by atoms with Crippen LogP contribution < -0.4 is 0 Å². The first-order chi connectivity index (χ1) is 6.58. The van der Waals surface area contributed by atoms with Gasteiger partial charge in [-0.05, 0) is 0 Å². The zero-order valence-corrected chi connectivity index (χ0v) is 7.27. The number of hydrogen-bond donors (Lipinski definition) is 2. The van der Waals surface area contributed by atoms with Gasteiger partial charge in [0.1, 0.15) is 18.8 Å². The molecule has 0 aromatic heterocycles. The molecule has 6 heteroatoms. The maximum absolute atomic E-state index is 10.3. The summed E-state index contributed by atoms with van der Waals surface area (Å²) >= 11 is 0. The van der Waals surface area contributed by atoms with Crippen LogP contribution >= 0.6 is 0 Å². The van der Waals surface area contributed by atoms with E-state index in [1.54, 1.807) is 0 Å². The van der Waals surface area contributed by atoms with Crippen LogP contribution in [0.4, 0.5) is 0 Å². The summed E-state index contributed by atoms with van der Waals surface area (Å²) in [6.07, 6.45) is 0.830. The molecule has 6 nitrogen and oxygen atoms in total. The Labute approximate surface area is 79.5 Å². The van der Waals surface area contributed by atoms with E-state index in [1.165, 1.54) is 6.20 Å². The molecule has 0 aliphatic carbocycles. The molecule has 14 heavy (non-hydrogen) atoms. The van der Waals surface area contributed by atoms with E-state index in [-0.39, 0.29) is 25.2 Å². The Morgan fingerprint density at radius 2 is 2.00 bits per heavy atom. The van der Waals surface area contributed by atoms with Gasteiger partial charge in [-0.1, -0.05) is 0 Å². The van der Waals surface area contributed by atoms with Crippen molar-refractivity contribution >= 4 is 17.7 Å². The molecule has 0 saturated heterocycles. The number of hydrogen-bond acceptors (Lipinski definition) is 4. The second kappa shape index (κ2) is 4.40. The fourth-order valence-corrected chi connectivity index (χ4v) is 0.931. The normalized spacial score (nSPS) is 15.1. The van der Waals surface area contributed by atoms with Crippen LogP contribution in [0.1, 0.15) is 12.8 Å². The number of ether oxygens (including phenoxy) is 1. The lowest BCUT2D eigenvalue weighted by Gasteiger charge is -2.12. The van der Waals surface area contributed by atoms with Crippen molar-refractivity contribution in [3.8, 4) is 0 Å². The maximum Gasteiger partial charge on any atom is 0.311 e.